The molecule has 2 heterocycles. The van der Waals surface area contributed by atoms with Crippen LogP contribution in [0.1, 0.15) is 29.0 Å². The number of aromatic hydroxyl groups is 1. The van der Waals surface area contributed by atoms with Crippen LogP contribution >= 0.6 is 0 Å². The third-order valence-electron chi connectivity index (χ3n) is 4.62. The number of aromatic amines is 1. The maximum Gasteiger partial charge on any atom is 0.255 e. The number of aromatic nitrogens is 3. The summed E-state index contributed by atoms with van der Waals surface area (Å²) < 4.78 is 1.47. The summed E-state index contributed by atoms with van der Waals surface area (Å²) in [4.78, 5) is 20.0. The summed E-state index contributed by atoms with van der Waals surface area (Å²) in [6, 6.07) is 8.20. The van der Waals surface area contributed by atoms with E-state index in [9.17, 15) is 9.90 Å². The second kappa shape index (κ2) is 6.71. The van der Waals surface area contributed by atoms with Crippen LogP contribution in [0.3, 0.4) is 0 Å². The fraction of sp³-hybridized carbons (Fsp3) is 0.263. The molecule has 1 fully saturated rings. The Labute approximate surface area is 154 Å². The Bertz CT molecular complexity index is 1090. The van der Waals surface area contributed by atoms with Gasteiger partial charge in [-0.3, -0.25) is 20.2 Å². The van der Waals surface area contributed by atoms with Crippen molar-refractivity contribution in [2.45, 2.75) is 19.3 Å². The molecule has 27 heavy (non-hydrogen) atoms. The number of H-pyrrole nitrogens is 1. The van der Waals surface area contributed by atoms with E-state index in [0.29, 0.717) is 24.6 Å². The van der Waals surface area contributed by atoms with Gasteiger partial charge in [0.05, 0.1) is 16.6 Å². The molecule has 1 aliphatic rings. The molecule has 0 spiro atoms. The van der Waals surface area contributed by atoms with Crippen molar-refractivity contribution in [1.29, 1.82) is 10.8 Å². The first kappa shape index (κ1) is 17.0. The Morgan fingerprint density at radius 2 is 2.19 bits per heavy atom. The number of phenolic OH excluding ortho intramolecular Hbond substituents is 1. The van der Waals surface area contributed by atoms with Gasteiger partial charge in [-0.05, 0) is 37.1 Å². The first-order valence-electron chi connectivity index (χ1n) is 8.84. The minimum atomic E-state index is -0.341. The van der Waals surface area contributed by atoms with Crippen LogP contribution in [0, 0.1) is 16.7 Å². The van der Waals surface area contributed by atoms with Crippen molar-refractivity contribution in [1.82, 2.24) is 19.9 Å². The molecule has 3 aromatic rings. The monoisotopic (exact) mass is 364 g/mol. The molecule has 8 nitrogen and oxygen atoms in total. The lowest BCUT2D eigenvalue weighted by atomic mass is 10.2. The molecule has 0 aliphatic heterocycles. The standard InChI is InChI=1S/C19H20N6O2/c20-17(11-3-4-11)25-9-1-2-13(18(25)21)19(27)22-8-7-16-23-14-6-5-12(26)10-15(14)24-16/h1-2,5-6,9-11,20-21,26H,3-4,7-8H2,(H,22,27)(H,23,24). The van der Waals surface area contributed by atoms with E-state index in [1.165, 1.54) is 4.57 Å². The molecule has 138 valence electrons. The van der Waals surface area contributed by atoms with Crippen molar-refractivity contribution in [3.05, 3.63) is 53.4 Å². The number of phenols is 1. The molecule has 0 radical (unpaired) electrons. The third kappa shape index (κ3) is 3.46. The van der Waals surface area contributed by atoms with Crippen LogP contribution < -0.4 is 10.8 Å². The highest BCUT2D eigenvalue weighted by Crippen LogP contribution is 2.30. The van der Waals surface area contributed by atoms with Gasteiger partial charge in [-0.15, -0.1) is 0 Å². The highest BCUT2D eigenvalue weighted by atomic mass is 16.3. The molecule has 2 aromatic heterocycles. The van der Waals surface area contributed by atoms with Gasteiger partial charge >= 0.3 is 0 Å². The number of pyridine rings is 1. The zero-order valence-electron chi connectivity index (χ0n) is 14.6. The van der Waals surface area contributed by atoms with Gasteiger partial charge < -0.3 is 15.4 Å². The Balaban J connectivity index is 1.42. The minimum Gasteiger partial charge on any atom is -0.508 e. The SMILES string of the molecule is N=C(C1CC1)n1cccc(C(=O)NCCc2nc3ccc(O)cc3[nH]2)c1=N. The van der Waals surface area contributed by atoms with Crippen LogP contribution in [0.4, 0.5) is 0 Å². The number of nitrogens with one attached hydrogen (secondary N) is 4. The Morgan fingerprint density at radius 3 is 2.96 bits per heavy atom. The van der Waals surface area contributed by atoms with E-state index in [4.69, 9.17) is 10.8 Å². The van der Waals surface area contributed by atoms with Crippen LogP contribution in [0.5, 0.6) is 5.75 Å². The Kier molecular flexibility index (Phi) is 4.23. The number of imidazole rings is 1. The second-order valence-electron chi connectivity index (χ2n) is 6.69. The first-order valence-corrected chi connectivity index (χ1v) is 8.84. The van der Waals surface area contributed by atoms with Gasteiger partial charge in [0.1, 0.15) is 22.9 Å². The van der Waals surface area contributed by atoms with Crippen molar-refractivity contribution >= 4 is 22.8 Å². The lowest BCUT2D eigenvalue weighted by Crippen LogP contribution is -2.36. The summed E-state index contributed by atoms with van der Waals surface area (Å²) in [6.07, 6.45) is 4.09. The quantitative estimate of drug-likeness (QED) is 0.349. The number of hydrogen-bond acceptors (Lipinski definition) is 5. The zero-order chi connectivity index (χ0) is 19.0. The summed E-state index contributed by atoms with van der Waals surface area (Å²) in [5, 5.41) is 28.7. The number of fused-ring (bicyclic) bond motifs is 1. The fourth-order valence-electron chi connectivity index (χ4n) is 3.00. The maximum absolute atomic E-state index is 12.5. The lowest BCUT2D eigenvalue weighted by molar-refractivity contribution is 0.0951. The van der Waals surface area contributed by atoms with E-state index in [1.54, 1.807) is 36.5 Å². The van der Waals surface area contributed by atoms with Crippen molar-refractivity contribution in [2.75, 3.05) is 6.54 Å². The molecule has 0 bridgehead atoms. The van der Waals surface area contributed by atoms with E-state index in [0.717, 1.165) is 23.9 Å². The number of amides is 1. The summed E-state index contributed by atoms with van der Waals surface area (Å²) >= 11 is 0. The second-order valence-corrected chi connectivity index (χ2v) is 6.69. The molecule has 0 unspecified atom stereocenters. The van der Waals surface area contributed by atoms with Gasteiger partial charge in [-0.25, -0.2) is 4.98 Å². The number of carbonyl (C=O) groups is 1. The van der Waals surface area contributed by atoms with E-state index in [-0.39, 0.29) is 28.6 Å². The smallest absolute Gasteiger partial charge is 0.255 e. The fourth-order valence-corrected chi connectivity index (χ4v) is 3.00. The van der Waals surface area contributed by atoms with Gasteiger partial charge in [-0.2, -0.15) is 0 Å². The van der Waals surface area contributed by atoms with Crippen molar-refractivity contribution in [2.24, 2.45) is 5.92 Å². The largest absolute Gasteiger partial charge is 0.508 e. The molecule has 4 rings (SSSR count). The van der Waals surface area contributed by atoms with Crippen LogP contribution in [0.25, 0.3) is 11.0 Å². The molecule has 5 N–H and O–H groups in total. The first-order chi connectivity index (χ1) is 13.0. The normalized spacial score (nSPS) is 13.6. The van der Waals surface area contributed by atoms with Gasteiger partial charge in [0.25, 0.3) is 5.91 Å². The molecule has 0 saturated heterocycles. The number of benzene rings is 1. The zero-order valence-corrected chi connectivity index (χ0v) is 14.6. The van der Waals surface area contributed by atoms with Gasteiger partial charge in [0.2, 0.25) is 0 Å². The molecule has 1 saturated carbocycles. The van der Waals surface area contributed by atoms with E-state index >= 15 is 0 Å². The highest BCUT2D eigenvalue weighted by molar-refractivity contribution is 5.95. The molecular weight excluding hydrogens is 344 g/mol. The minimum absolute atomic E-state index is 0.0334. The van der Waals surface area contributed by atoms with E-state index in [2.05, 4.69) is 15.3 Å². The Hall–Kier alpha value is -3.42. The molecule has 8 heteroatoms. The number of nitrogens with zero attached hydrogens (tertiary/aromatic N) is 2. The van der Waals surface area contributed by atoms with Crippen LogP contribution in [-0.4, -0.2) is 37.9 Å². The average Bonchev–Trinajstić information content (AvgIpc) is 3.42. The number of carbonyl (C=O) groups excluding carboxylic acids is 1. The summed E-state index contributed by atoms with van der Waals surface area (Å²) in [5.41, 5.74) is 1.78. The number of hydrogen-bond donors (Lipinski definition) is 5. The molecule has 1 aliphatic carbocycles. The average molecular weight is 364 g/mol. The van der Waals surface area contributed by atoms with Crippen LogP contribution in [0.15, 0.2) is 36.5 Å². The maximum atomic E-state index is 12.5. The third-order valence-corrected chi connectivity index (χ3v) is 4.62. The molecule has 1 amide bonds. The van der Waals surface area contributed by atoms with E-state index < -0.39 is 0 Å². The lowest BCUT2D eigenvalue weighted by Gasteiger charge is -2.10. The predicted molar refractivity (Wildman–Crippen MR) is 99.9 cm³/mol. The molecule has 0 atom stereocenters. The highest BCUT2D eigenvalue weighted by Gasteiger charge is 2.28. The van der Waals surface area contributed by atoms with Gasteiger partial charge in [0.15, 0.2) is 0 Å². The van der Waals surface area contributed by atoms with E-state index in [1.807, 2.05) is 0 Å². The van der Waals surface area contributed by atoms with Crippen LogP contribution in [0.2, 0.25) is 0 Å². The summed E-state index contributed by atoms with van der Waals surface area (Å²) in [7, 11) is 0. The Morgan fingerprint density at radius 1 is 1.37 bits per heavy atom. The van der Waals surface area contributed by atoms with Gasteiger partial charge in [-0.1, -0.05) is 0 Å². The van der Waals surface area contributed by atoms with Crippen molar-refractivity contribution in [3.8, 4) is 5.75 Å². The van der Waals surface area contributed by atoms with Gasteiger partial charge in [0, 0.05) is 31.1 Å². The van der Waals surface area contributed by atoms with Crippen molar-refractivity contribution in [3.63, 3.8) is 0 Å². The number of rotatable bonds is 5. The summed E-state index contributed by atoms with van der Waals surface area (Å²) in [5.74, 6) is 1.11. The summed E-state index contributed by atoms with van der Waals surface area (Å²) in [6.45, 7) is 0.360. The predicted octanol–water partition coefficient (Wildman–Crippen LogP) is 1.76. The van der Waals surface area contributed by atoms with Crippen LogP contribution in [-0.2, 0) is 6.42 Å². The topological polar surface area (TPSA) is 131 Å². The van der Waals surface area contributed by atoms with Crippen molar-refractivity contribution < 1.29 is 9.90 Å². The molecule has 1 aromatic carbocycles. The molecular formula is C19H20N6O2.